The maximum atomic E-state index is 11.4. The third kappa shape index (κ3) is 2.29. The fourth-order valence-electron chi connectivity index (χ4n) is 2.43. The van der Waals surface area contributed by atoms with E-state index in [9.17, 15) is 13.7 Å². The molecule has 0 aliphatic heterocycles. The second-order valence-electron chi connectivity index (χ2n) is 4.73. The number of thiazole rings is 1. The van der Waals surface area contributed by atoms with Gasteiger partial charge in [0.05, 0.1) is 16.8 Å². The molecule has 0 aliphatic rings. The van der Waals surface area contributed by atoms with Gasteiger partial charge in [-0.15, -0.1) is 11.3 Å². The Hall–Kier alpha value is -2.21. The van der Waals surface area contributed by atoms with Crippen molar-refractivity contribution in [3.63, 3.8) is 0 Å². The van der Waals surface area contributed by atoms with Crippen LogP contribution in [0.5, 0.6) is 0 Å². The summed E-state index contributed by atoms with van der Waals surface area (Å²) in [5.74, 6) is 0. The Balaban J connectivity index is 2.27. The maximum absolute atomic E-state index is 11.4. The monoisotopic (exact) mass is 332 g/mol. The van der Waals surface area contributed by atoms with Crippen LogP contribution in [0.3, 0.4) is 0 Å². The van der Waals surface area contributed by atoms with Crippen LogP contribution in [0.4, 0.5) is 0 Å². The molecule has 0 unspecified atom stereocenters. The first kappa shape index (κ1) is 14.7. The highest BCUT2D eigenvalue weighted by Crippen LogP contribution is 2.33. The number of aromatic nitrogens is 2. The number of nitriles is 1. The summed E-state index contributed by atoms with van der Waals surface area (Å²) < 4.78 is 22.6. The lowest BCUT2D eigenvalue weighted by atomic mass is 10.00. The van der Waals surface area contributed by atoms with Gasteiger partial charge >= 0.3 is 0 Å². The van der Waals surface area contributed by atoms with Crippen molar-refractivity contribution < 1.29 is 8.42 Å². The van der Waals surface area contributed by atoms with Crippen molar-refractivity contribution in [3.8, 4) is 17.3 Å². The molecule has 0 atom stereocenters. The number of aromatic amines is 1. The Kier molecular flexibility index (Phi) is 3.48. The van der Waals surface area contributed by atoms with Crippen molar-refractivity contribution in [2.45, 2.75) is 17.7 Å². The first-order valence-electron chi connectivity index (χ1n) is 6.47. The van der Waals surface area contributed by atoms with Crippen molar-refractivity contribution in [1.29, 1.82) is 5.26 Å². The minimum atomic E-state index is -3.81. The quantitative estimate of drug-likeness (QED) is 0.766. The number of nitrogens with two attached hydrogens (primary N) is 1. The average Bonchev–Trinajstić information content (AvgIpc) is 3.12. The number of hydrogen-bond acceptors (Lipinski definition) is 5. The van der Waals surface area contributed by atoms with Crippen LogP contribution in [0, 0.1) is 11.3 Å². The zero-order valence-electron chi connectivity index (χ0n) is 11.6. The third-order valence-corrected chi connectivity index (χ3v) is 5.62. The van der Waals surface area contributed by atoms with E-state index in [4.69, 9.17) is 5.14 Å². The number of nitrogens with zero attached hydrogens (tertiary/aromatic N) is 2. The average molecular weight is 332 g/mol. The first-order chi connectivity index (χ1) is 10.5. The zero-order valence-corrected chi connectivity index (χ0v) is 13.3. The zero-order chi connectivity index (χ0) is 15.9. The normalized spacial score (nSPS) is 11.7. The Labute approximate surface area is 131 Å². The minimum absolute atomic E-state index is 0.123. The number of rotatable bonds is 3. The highest BCUT2D eigenvalue weighted by Gasteiger charge is 2.18. The molecule has 0 spiro atoms. The fraction of sp³-hybridized carbons (Fsp3) is 0.143. The van der Waals surface area contributed by atoms with E-state index in [-0.39, 0.29) is 4.34 Å². The van der Waals surface area contributed by atoms with Gasteiger partial charge in [-0.25, -0.2) is 18.5 Å². The highest BCUT2D eigenvalue weighted by atomic mass is 32.2. The van der Waals surface area contributed by atoms with Gasteiger partial charge in [-0.3, -0.25) is 0 Å². The molecule has 2 aromatic heterocycles. The standard InChI is InChI=1S/C14H12N4O2S2/c1-2-8-3-4-10(13-12(8)9(5-15)6-17-13)11-7-21-14(18-11)22(16,19)20/h3-4,6-7,17H,2H2,1H3,(H2,16,19,20). The summed E-state index contributed by atoms with van der Waals surface area (Å²) in [6.07, 6.45) is 2.45. The molecular formula is C14H12N4O2S2. The van der Waals surface area contributed by atoms with Crippen molar-refractivity contribution in [2.75, 3.05) is 0 Å². The van der Waals surface area contributed by atoms with E-state index in [0.717, 1.165) is 39.8 Å². The largest absolute Gasteiger partial charge is 0.359 e. The molecule has 0 bridgehead atoms. The van der Waals surface area contributed by atoms with E-state index >= 15 is 0 Å². The molecule has 1 aromatic carbocycles. The lowest BCUT2D eigenvalue weighted by Crippen LogP contribution is -2.11. The topological polar surface area (TPSA) is 113 Å². The molecule has 6 nitrogen and oxygen atoms in total. The third-order valence-electron chi connectivity index (χ3n) is 3.43. The predicted molar refractivity (Wildman–Crippen MR) is 84.9 cm³/mol. The van der Waals surface area contributed by atoms with Crippen LogP contribution in [-0.4, -0.2) is 18.4 Å². The molecule has 112 valence electrons. The smallest absolute Gasteiger partial charge is 0.265 e. The predicted octanol–water partition coefficient (Wildman–Crippen LogP) is 2.37. The van der Waals surface area contributed by atoms with Gasteiger partial charge in [0.15, 0.2) is 0 Å². The lowest BCUT2D eigenvalue weighted by molar-refractivity contribution is 0.597. The molecule has 0 saturated carbocycles. The van der Waals surface area contributed by atoms with E-state index in [0.29, 0.717) is 11.3 Å². The Morgan fingerprint density at radius 2 is 2.23 bits per heavy atom. The van der Waals surface area contributed by atoms with E-state index < -0.39 is 10.0 Å². The minimum Gasteiger partial charge on any atom is -0.359 e. The summed E-state index contributed by atoms with van der Waals surface area (Å²) in [6, 6.07) is 5.98. The molecule has 0 amide bonds. The fourth-order valence-corrected chi connectivity index (χ4v) is 3.88. The van der Waals surface area contributed by atoms with E-state index in [2.05, 4.69) is 16.0 Å². The van der Waals surface area contributed by atoms with Gasteiger partial charge in [-0.1, -0.05) is 19.1 Å². The number of primary sulfonamides is 1. The summed E-state index contributed by atoms with van der Waals surface area (Å²) >= 11 is 0.979. The van der Waals surface area contributed by atoms with Crippen LogP contribution >= 0.6 is 11.3 Å². The Bertz CT molecular complexity index is 1010. The van der Waals surface area contributed by atoms with Crippen molar-refractivity contribution in [2.24, 2.45) is 5.14 Å². The summed E-state index contributed by atoms with van der Waals surface area (Å²) in [5.41, 5.74) is 3.67. The number of nitrogens with one attached hydrogen (secondary N) is 1. The van der Waals surface area contributed by atoms with Gasteiger partial charge in [0.2, 0.25) is 4.34 Å². The van der Waals surface area contributed by atoms with Crippen LogP contribution in [0.15, 0.2) is 28.0 Å². The number of sulfonamides is 1. The van der Waals surface area contributed by atoms with Gasteiger partial charge in [0.1, 0.15) is 6.07 Å². The number of fused-ring (bicyclic) bond motifs is 1. The molecule has 3 rings (SSSR count). The summed E-state index contributed by atoms with van der Waals surface area (Å²) in [6.45, 7) is 2.02. The number of hydrogen-bond donors (Lipinski definition) is 2. The molecule has 0 aliphatic carbocycles. The molecule has 0 radical (unpaired) electrons. The molecule has 3 aromatic rings. The molecular weight excluding hydrogens is 320 g/mol. The van der Waals surface area contributed by atoms with Gasteiger partial charge in [0, 0.05) is 22.5 Å². The lowest BCUT2D eigenvalue weighted by Gasteiger charge is -2.05. The molecule has 2 heterocycles. The van der Waals surface area contributed by atoms with E-state index in [1.807, 2.05) is 19.1 Å². The Morgan fingerprint density at radius 3 is 2.82 bits per heavy atom. The summed E-state index contributed by atoms with van der Waals surface area (Å²) in [7, 11) is -3.81. The molecule has 0 saturated heterocycles. The molecule has 22 heavy (non-hydrogen) atoms. The summed E-state index contributed by atoms with van der Waals surface area (Å²) in [4.78, 5) is 7.19. The molecule has 3 N–H and O–H groups in total. The number of benzene rings is 1. The second kappa shape index (κ2) is 5.21. The first-order valence-corrected chi connectivity index (χ1v) is 8.90. The maximum Gasteiger partial charge on any atom is 0.265 e. The second-order valence-corrected chi connectivity index (χ2v) is 7.33. The van der Waals surface area contributed by atoms with Crippen molar-refractivity contribution in [1.82, 2.24) is 9.97 Å². The van der Waals surface area contributed by atoms with Crippen molar-refractivity contribution in [3.05, 3.63) is 34.8 Å². The van der Waals surface area contributed by atoms with E-state index in [1.54, 1.807) is 11.6 Å². The SMILES string of the molecule is CCc1ccc(-c2csc(S(N)(=O)=O)n2)c2[nH]cc(C#N)c12. The van der Waals surface area contributed by atoms with Crippen LogP contribution in [-0.2, 0) is 16.4 Å². The van der Waals surface area contributed by atoms with Gasteiger partial charge in [-0.05, 0) is 12.0 Å². The van der Waals surface area contributed by atoms with Crippen LogP contribution in [0.1, 0.15) is 18.1 Å². The number of H-pyrrole nitrogens is 1. The summed E-state index contributed by atoms with van der Waals surface area (Å²) in [5, 5.41) is 16.8. The van der Waals surface area contributed by atoms with Gasteiger partial charge in [-0.2, -0.15) is 5.26 Å². The van der Waals surface area contributed by atoms with Crippen LogP contribution in [0.2, 0.25) is 0 Å². The van der Waals surface area contributed by atoms with Gasteiger partial charge < -0.3 is 4.98 Å². The molecule has 8 heteroatoms. The Morgan fingerprint density at radius 1 is 1.45 bits per heavy atom. The van der Waals surface area contributed by atoms with Crippen molar-refractivity contribution >= 4 is 32.3 Å². The van der Waals surface area contributed by atoms with Crippen LogP contribution < -0.4 is 5.14 Å². The molecule has 0 fully saturated rings. The van der Waals surface area contributed by atoms with Gasteiger partial charge in [0.25, 0.3) is 10.0 Å². The highest BCUT2D eigenvalue weighted by molar-refractivity contribution is 7.91. The van der Waals surface area contributed by atoms with E-state index in [1.165, 1.54) is 0 Å². The van der Waals surface area contributed by atoms with Crippen LogP contribution in [0.25, 0.3) is 22.2 Å². The number of aryl methyl sites for hydroxylation is 1.